The van der Waals surface area contributed by atoms with Crippen molar-refractivity contribution in [1.29, 1.82) is 0 Å². The van der Waals surface area contributed by atoms with E-state index in [1.165, 1.54) is 12.1 Å². The Labute approximate surface area is 117 Å². The van der Waals surface area contributed by atoms with Gasteiger partial charge in [0.1, 0.15) is 23.2 Å². The molecular weight excluding hydrogens is 261 g/mol. The van der Waals surface area contributed by atoms with Crippen molar-refractivity contribution in [3.05, 3.63) is 65.0 Å². The molecule has 0 unspecified atom stereocenters. The number of halogens is 1. The van der Waals surface area contributed by atoms with E-state index >= 15 is 0 Å². The van der Waals surface area contributed by atoms with E-state index in [2.05, 4.69) is 0 Å². The Bertz CT molecular complexity index is 613. The van der Waals surface area contributed by atoms with Crippen LogP contribution >= 0.6 is 12.2 Å². The number of aryl methyl sites for hydroxylation is 1. The summed E-state index contributed by atoms with van der Waals surface area (Å²) in [5.41, 5.74) is 8.13. The molecule has 0 amide bonds. The standard InChI is InChI=1S/C15H14FNOS/c1-10-5-6-13(16)7-12(10)9-18-14-4-2-3-11(8-14)15(17)19/h2-8H,9H2,1H3,(H2,17,19). The quantitative estimate of drug-likeness (QED) is 0.869. The lowest BCUT2D eigenvalue weighted by molar-refractivity contribution is 0.304. The average Bonchev–Trinajstić information content (AvgIpc) is 2.40. The normalized spacial score (nSPS) is 10.2. The van der Waals surface area contributed by atoms with Crippen molar-refractivity contribution in [2.24, 2.45) is 5.73 Å². The molecular formula is C15H14FNOS. The van der Waals surface area contributed by atoms with Crippen LogP contribution in [0, 0.1) is 12.7 Å². The zero-order valence-electron chi connectivity index (χ0n) is 10.5. The van der Waals surface area contributed by atoms with Crippen molar-refractivity contribution in [3.63, 3.8) is 0 Å². The summed E-state index contributed by atoms with van der Waals surface area (Å²) in [5, 5.41) is 0. The molecule has 2 nitrogen and oxygen atoms in total. The molecule has 0 atom stereocenters. The SMILES string of the molecule is Cc1ccc(F)cc1COc1cccc(C(N)=S)c1. The minimum Gasteiger partial charge on any atom is -0.489 e. The molecule has 2 rings (SSSR count). The van der Waals surface area contributed by atoms with E-state index in [9.17, 15) is 4.39 Å². The van der Waals surface area contributed by atoms with Gasteiger partial charge in [-0.2, -0.15) is 0 Å². The first-order valence-electron chi connectivity index (χ1n) is 5.84. The lowest BCUT2D eigenvalue weighted by atomic mass is 10.1. The Morgan fingerprint density at radius 3 is 2.79 bits per heavy atom. The predicted molar refractivity (Wildman–Crippen MR) is 77.8 cm³/mol. The number of thiocarbonyl (C=S) groups is 1. The Kier molecular flexibility index (Phi) is 4.12. The van der Waals surface area contributed by atoms with Crippen LogP contribution in [0.5, 0.6) is 5.75 Å². The number of nitrogens with two attached hydrogens (primary N) is 1. The third-order valence-corrected chi connectivity index (χ3v) is 3.06. The van der Waals surface area contributed by atoms with Crippen molar-refractivity contribution in [2.75, 3.05) is 0 Å². The molecule has 0 bridgehead atoms. The van der Waals surface area contributed by atoms with E-state index in [-0.39, 0.29) is 5.82 Å². The molecule has 0 aromatic heterocycles. The van der Waals surface area contributed by atoms with Gasteiger partial charge in [0.25, 0.3) is 0 Å². The summed E-state index contributed by atoms with van der Waals surface area (Å²) in [6.45, 7) is 2.23. The van der Waals surface area contributed by atoms with Crippen LogP contribution in [0.2, 0.25) is 0 Å². The van der Waals surface area contributed by atoms with Crippen LogP contribution in [0.15, 0.2) is 42.5 Å². The van der Waals surface area contributed by atoms with Gasteiger partial charge in [0.05, 0.1) is 0 Å². The summed E-state index contributed by atoms with van der Waals surface area (Å²) in [5.74, 6) is 0.398. The second-order valence-electron chi connectivity index (χ2n) is 4.25. The van der Waals surface area contributed by atoms with E-state index in [1.807, 2.05) is 25.1 Å². The smallest absolute Gasteiger partial charge is 0.123 e. The predicted octanol–water partition coefficient (Wildman–Crippen LogP) is 3.35. The largest absolute Gasteiger partial charge is 0.489 e. The van der Waals surface area contributed by atoms with Gasteiger partial charge in [-0.1, -0.05) is 30.4 Å². The second-order valence-corrected chi connectivity index (χ2v) is 4.69. The third kappa shape index (κ3) is 3.51. The fraction of sp³-hybridized carbons (Fsp3) is 0.133. The highest BCUT2D eigenvalue weighted by Crippen LogP contribution is 2.17. The molecule has 0 aliphatic rings. The van der Waals surface area contributed by atoms with Gasteiger partial charge < -0.3 is 10.5 Å². The lowest BCUT2D eigenvalue weighted by Crippen LogP contribution is -2.09. The Morgan fingerprint density at radius 2 is 2.05 bits per heavy atom. The number of hydrogen-bond acceptors (Lipinski definition) is 2. The van der Waals surface area contributed by atoms with Crippen molar-refractivity contribution in [2.45, 2.75) is 13.5 Å². The fourth-order valence-electron chi connectivity index (χ4n) is 1.70. The van der Waals surface area contributed by atoms with Crippen molar-refractivity contribution in [1.82, 2.24) is 0 Å². The Hall–Kier alpha value is -1.94. The maximum Gasteiger partial charge on any atom is 0.123 e. The Morgan fingerprint density at radius 1 is 1.26 bits per heavy atom. The van der Waals surface area contributed by atoms with E-state index in [4.69, 9.17) is 22.7 Å². The monoisotopic (exact) mass is 275 g/mol. The van der Waals surface area contributed by atoms with Crippen LogP contribution in [-0.4, -0.2) is 4.99 Å². The van der Waals surface area contributed by atoms with Gasteiger partial charge in [-0.25, -0.2) is 4.39 Å². The van der Waals surface area contributed by atoms with E-state index in [0.29, 0.717) is 17.3 Å². The van der Waals surface area contributed by atoms with Gasteiger partial charge in [0, 0.05) is 5.56 Å². The summed E-state index contributed by atoms with van der Waals surface area (Å²) in [4.78, 5) is 0.326. The number of hydrogen-bond donors (Lipinski definition) is 1. The number of rotatable bonds is 4. The molecule has 19 heavy (non-hydrogen) atoms. The molecule has 0 heterocycles. The van der Waals surface area contributed by atoms with Crippen LogP contribution in [0.1, 0.15) is 16.7 Å². The summed E-state index contributed by atoms with van der Waals surface area (Å²) in [7, 11) is 0. The van der Waals surface area contributed by atoms with Gasteiger partial charge in [0.15, 0.2) is 0 Å². The molecule has 0 aliphatic carbocycles. The zero-order chi connectivity index (χ0) is 13.8. The van der Waals surface area contributed by atoms with Crippen LogP contribution in [0.3, 0.4) is 0 Å². The highest BCUT2D eigenvalue weighted by Gasteiger charge is 2.03. The minimum absolute atomic E-state index is 0.263. The zero-order valence-corrected chi connectivity index (χ0v) is 11.3. The molecule has 0 radical (unpaired) electrons. The molecule has 0 spiro atoms. The highest BCUT2D eigenvalue weighted by molar-refractivity contribution is 7.80. The fourth-order valence-corrected chi connectivity index (χ4v) is 1.82. The van der Waals surface area contributed by atoms with Crippen LogP contribution < -0.4 is 10.5 Å². The summed E-state index contributed by atoms with van der Waals surface area (Å²) in [6.07, 6.45) is 0. The molecule has 0 aliphatic heterocycles. The number of ether oxygens (including phenoxy) is 1. The molecule has 0 saturated carbocycles. The molecule has 4 heteroatoms. The summed E-state index contributed by atoms with van der Waals surface area (Å²) < 4.78 is 18.8. The minimum atomic E-state index is -0.263. The molecule has 0 fully saturated rings. The van der Waals surface area contributed by atoms with Gasteiger partial charge >= 0.3 is 0 Å². The van der Waals surface area contributed by atoms with Crippen LogP contribution in [0.25, 0.3) is 0 Å². The van der Waals surface area contributed by atoms with E-state index < -0.39 is 0 Å². The summed E-state index contributed by atoms with van der Waals surface area (Å²) >= 11 is 4.91. The average molecular weight is 275 g/mol. The third-order valence-electron chi connectivity index (χ3n) is 2.82. The highest BCUT2D eigenvalue weighted by atomic mass is 32.1. The van der Waals surface area contributed by atoms with Crippen LogP contribution in [0.4, 0.5) is 4.39 Å². The maximum atomic E-state index is 13.2. The molecule has 2 aromatic rings. The number of benzene rings is 2. The van der Waals surface area contributed by atoms with Crippen molar-refractivity contribution in [3.8, 4) is 5.75 Å². The van der Waals surface area contributed by atoms with E-state index in [0.717, 1.165) is 16.7 Å². The van der Waals surface area contributed by atoms with Crippen molar-refractivity contribution < 1.29 is 9.13 Å². The second kappa shape index (κ2) is 5.80. The molecule has 98 valence electrons. The first-order valence-corrected chi connectivity index (χ1v) is 6.25. The van der Waals surface area contributed by atoms with Gasteiger partial charge in [-0.05, 0) is 42.3 Å². The summed E-state index contributed by atoms with van der Waals surface area (Å²) in [6, 6.07) is 11.9. The Balaban J connectivity index is 2.12. The van der Waals surface area contributed by atoms with Gasteiger partial charge in [0.2, 0.25) is 0 Å². The molecule has 2 aromatic carbocycles. The van der Waals surface area contributed by atoms with Crippen molar-refractivity contribution >= 4 is 17.2 Å². The lowest BCUT2D eigenvalue weighted by Gasteiger charge is -2.10. The first kappa shape index (κ1) is 13.5. The van der Waals surface area contributed by atoms with Crippen LogP contribution in [-0.2, 0) is 6.61 Å². The van der Waals surface area contributed by atoms with Gasteiger partial charge in [-0.15, -0.1) is 0 Å². The first-order chi connectivity index (χ1) is 9.06. The molecule has 0 saturated heterocycles. The topological polar surface area (TPSA) is 35.2 Å². The van der Waals surface area contributed by atoms with E-state index in [1.54, 1.807) is 12.1 Å². The molecule has 2 N–H and O–H groups in total. The van der Waals surface area contributed by atoms with Gasteiger partial charge in [-0.3, -0.25) is 0 Å². The maximum absolute atomic E-state index is 13.2.